The van der Waals surface area contributed by atoms with E-state index in [2.05, 4.69) is 0 Å². The van der Waals surface area contributed by atoms with E-state index in [4.69, 9.17) is 10.5 Å². The molecule has 7 heteroatoms. The van der Waals surface area contributed by atoms with Crippen LogP contribution < -0.4 is 5.73 Å². The Morgan fingerprint density at radius 3 is 3.00 bits per heavy atom. The largest absolute Gasteiger partial charge is 0.464 e. The van der Waals surface area contributed by atoms with Crippen LogP contribution in [0.3, 0.4) is 0 Å². The number of halogens is 1. The minimum absolute atomic E-state index is 0.0798. The van der Waals surface area contributed by atoms with Gasteiger partial charge in [0, 0.05) is 23.7 Å². The maximum atomic E-state index is 13.3. The van der Waals surface area contributed by atoms with Gasteiger partial charge in [0.25, 0.3) is 5.91 Å². The number of carbonyl (C=O) groups excluding carboxylic acids is 2. The lowest BCUT2D eigenvalue weighted by Crippen LogP contribution is -2.51. The maximum Gasteiger partial charge on any atom is 0.329 e. The Morgan fingerprint density at radius 1 is 1.52 bits per heavy atom. The fourth-order valence-electron chi connectivity index (χ4n) is 2.15. The lowest BCUT2D eigenvalue weighted by atomic mass is 10.1. The highest BCUT2D eigenvalue weighted by Crippen LogP contribution is 2.23. The van der Waals surface area contributed by atoms with Crippen molar-refractivity contribution < 1.29 is 18.7 Å². The minimum atomic E-state index is -0.654. The van der Waals surface area contributed by atoms with Crippen LogP contribution in [0.2, 0.25) is 0 Å². The lowest BCUT2D eigenvalue weighted by Gasteiger charge is -2.33. The van der Waals surface area contributed by atoms with E-state index in [1.165, 1.54) is 17.0 Å². The summed E-state index contributed by atoms with van der Waals surface area (Å²) in [7, 11) is 0. The number of hydrogen-bond acceptors (Lipinski definition) is 5. The molecule has 114 valence electrons. The monoisotopic (exact) mass is 312 g/mol. The first-order chi connectivity index (χ1) is 10.0. The molecule has 2 N–H and O–H groups in total. The summed E-state index contributed by atoms with van der Waals surface area (Å²) in [6, 6.07) is 2.99. The van der Waals surface area contributed by atoms with Gasteiger partial charge in [-0.25, -0.2) is 9.18 Å². The summed E-state index contributed by atoms with van der Waals surface area (Å²) in [5.74, 6) is -0.221. The molecule has 0 radical (unpaired) electrons. The van der Waals surface area contributed by atoms with Gasteiger partial charge in [-0.15, -0.1) is 0 Å². The first-order valence-electron chi connectivity index (χ1n) is 6.65. The van der Waals surface area contributed by atoms with Gasteiger partial charge < -0.3 is 15.4 Å². The van der Waals surface area contributed by atoms with Crippen LogP contribution in [0.15, 0.2) is 18.2 Å². The highest BCUT2D eigenvalue weighted by atomic mass is 32.2. The van der Waals surface area contributed by atoms with Crippen LogP contribution in [0.5, 0.6) is 0 Å². The smallest absolute Gasteiger partial charge is 0.329 e. The molecule has 1 aromatic carbocycles. The number of nitrogen functional groups attached to an aromatic ring is 1. The predicted octanol–water partition coefficient (Wildman–Crippen LogP) is 1.53. The van der Waals surface area contributed by atoms with Gasteiger partial charge >= 0.3 is 5.97 Å². The quantitative estimate of drug-likeness (QED) is 0.677. The average Bonchev–Trinajstić information content (AvgIpc) is 2.49. The van der Waals surface area contributed by atoms with Crippen molar-refractivity contribution in [1.29, 1.82) is 0 Å². The molecular weight excluding hydrogens is 295 g/mol. The second-order valence-corrected chi connectivity index (χ2v) is 5.72. The molecule has 1 saturated heterocycles. The van der Waals surface area contributed by atoms with Crippen LogP contribution in [0, 0.1) is 5.82 Å². The summed E-state index contributed by atoms with van der Waals surface area (Å²) in [6.45, 7) is 2.37. The van der Waals surface area contributed by atoms with Crippen molar-refractivity contribution in [3.05, 3.63) is 29.6 Å². The van der Waals surface area contributed by atoms with Crippen molar-refractivity contribution in [3.63, 3.8) is 0 Å². The average molecular weight is 312 g/mol. The number of carbonyl (C=O) groups is 2. The third kappa shape index (κ3) is 3.47. The molecule has 1 atom stereocenters. The third-order valence-electron chi connectivity index (χ3n) is 3.19. The Kier molecular flexibility index (Phi) is 5.06. The van der Waals surface area contributed by atoms with Crippen molar-refractivity contribution in [2.45, 2.75) is 13.0 Å². The number of benzene rings is 1. The number of esters is 1. The third-order valence-corrected chi connectivity index (χ3v) is 4.22. The van der Waals surface area contributed by atoms with E-state index in [1.807, 2.05) is 0 Å². The number of nitrogens with two attached hydrogens (primary N) is 1. The molecule has 1 amide bonds. The summed E-state index contributed by atoms with van der Waals surface area (Å²) in [5, 5.41) is 0. The summed E-state index contributed by atoms with van der Waals surface area (Å²) in [6.07, 6.45) is 0. The maximum absolute atomic E-state index is 13.3. The number of nitrogens with zero attached hydrogens (tertiary/aromatic N) is 1. The molecule has 1 unspecified atom stereocenters. The molecule has 1 heterocycles. The summed E-state index contributed by atoms with van der Waals surface area (Å²) >= 11 is 1.58. The van der Waals surface area contributed by atoms with Crippen molar-refractivity contribution >= 4 is 29.3 Å². The van der Waals surface area contributed by atoms with Crippen LogP contribution in [-0.2, 0) is 9.53 Å². The van der Waals surface area contributed by atoms with Crippen LogP contribution in [0.4, 0.5) is 10.1 Å². The number of ether oxygens (including phenoxy) is 1. The SMILES string of the molecule is CCOC(=O)C1CSCCN1C(=O)c1cc(F)ccc1N. The molecule has 5 nitrogen and oxygen atoms in total. The van der Waals surface area contributed by atoms with Crippen molar-refractivity contribution in [1.82, 2.24) is 4.90 Å². The van der Waals surface area contributed by atoms with Gasteiger partial charge in [-0.05, 0) is 25.1 Å². The normalized spacial score (nSPS) is 18.4. The van der Waals surface area contributed by atoms with E-state index < -0.39 is 23.7 Å². The molecule has 1 fully saturated rings. The zero-order chi connectivity index (χ0) is 15.4. The lowest BCUT2D eigenvalue weighted by molar-refractivity contribution is -0.147. The van der Waals surface area contributed by atoms with Gasteiger partial charge in [0.15, 0.2) is 0 Å². The summed E-state index contributed by atoms with van der Waals surface area (Å²) in [4.78, 5) is 25.9. The molecular formula is C14H17FN2O3S. The molecule has 0 spiro atoms. The van der Waals surface area contributed by atoms with Gasteiger partial charge in [0.05, 0.1) is 12.2 Å². The van der Waals surface area contributed by atoms with Gasteiger partial charge in [-0.1, -0.05) is 0 Å². The van der Waals surface area contributed by atoms with Crippen molar-refractivity contribution in [3.8, 4) is 0 Å². The Morgan fingerprint density at radius 2 is 2.29 bits per heavy atom. The second kappa shape index (κ2) is 6.80. The summed E-state index contributed by atoms with van der Waals surface area (Å²) < 4.78 is 18.3. The zero-order valence-electron chi connectivity index (χ0n) is 11.7. The first kappa shape index (κ1) is 15.6. The Hall–Kier alpha value is -1.76. The molecule has 0 aliphatic carbocycles. The van der Waals surface area contributed by atoms with E-state index in [0.717, 1.165) is 11.8 Å². The minimum Gasteiger partial charge on any atom is -0.464 e. The fourth-order valence-corrected chi connectivity index (χ4v) is 3.18. The van der Waals surface area contributed by atoms with Crippen LogP contribution in [0.1, 0.15) is 17.3 Å². The molecule has 1 aromatic rings. The number of amides is 1. The molecule has 0 aromatic heterocycles. The van der Waals surface area contributed by atoms with E-state index in [0.29, 0.717) is 12.3 Å². The Balaban J connectivity index is 2.26. The fraction of sp³-hybridized carbons (Fsp3) is 0.429. The molecule has 0 bridgehead atoms. The molecule has 1 aliphatic rings. The van der Waals surface area contributed by atoms with Crippen LogP contribution in [0.25, 0.3) is 0 Å². The van der Waals surface area contributed by atoms with E-state index in [9.17, 15) is 14.0 Å². The van der Waals surface area contributed by atoms with Crippen molar-refractivity contribution in [2.24, 2.45) is 0 Å². The van der Waals surface area contributed by atoms with Crippen molar-refractivity contribution in [2.75, 3.05) is 30.4 Å². The topological polar surface area (TPSA) is 72.6 Å². The first-order valence-corrected chi connectivity index (χ1v) is 7.80. The van der Waals surface area contributed by atoms with E-state index in [-0.39, 0.29) is 17.9 Å². The van der Waals surface area contributed by atoms with E-state index >= 15 is 0 Å². The number of thioether (sulfide) groups is 1. The number of rotatable bonds is 3. The highest BCUT2D eigenvalue weighted by Gasteiger charge is 2.34. The van der Waals surface area contributed by atoms with Crippen LogP contribution >= 0.6 is 11.8 Å². The van der Waals surface area contributed by atoms with Crippen LogP contribution in [-0.4, -0.2) is 47.5 Å². The Bertz CT molecular complexity index is 553. The Labute approximate surface area is 126 Å². The standard InChI is InChI=1S/C14H17FN2O3S/c1-2-20-14(19)12-8-21-6-5-17(12)13(18)10-7-9(15)3-4-11(10)16/h3-4,7,12H,2,5-6,8,16H2,1H3. The van der Waals surface area contributed by atoms with Gasteiger partial charge in [0.2, 0.25) is 0 Å². The predicted molar refractivity (Wildman–Crippen MR) is 79.6 cm³/mol. The second-order valence-electron chi connectivity index (χ2n) is 4.57. The number of anilines is 1. The van der Waals surface area contributed by atoms with Gasteiger partial charge in [-0.3, -0.25) is 4.79 Å². The zero-order valence-corrected chi connectivity index (χ0v) is 12.5. The summed E-state index contributed by atoms with van der Waals surface area (Å²) in [5.41, 5.74) is 6.02. The highest BCUT2D eigenvalue weighted by molar-refractivity contribution is 7.99. The van der Waals surface area contributed by atoms with E-state index in [1.54, 1.807) is 18.7 Å². The molecule has 1 aliphatic heterocycles. The van der Waals surface area contributed by atoms with Gasteiger partial charge in [-0.2, -0.15) is 11.8 Å². The van der Waals surface area contributed by atoms with Gasteiger partial charge in [0.1, 0.15) is 11.9 Å². The molecule has 0 saturated carbocycles. The number of hydrogen-bond donors (Lipinski definition) is 1. The molecule has 2 rings (SSSR count). The molecule has 21 heavy (non-hydrogen) atoms.